The smallest absolute Gasteiger partial charge is 0.306 e. The van der Waals surface area contributed by atoms with E-state index in [1.54, 1.807) is 18.2 Å². The molecule has 2 N–H and O–H groups in total. The Morgan fingerprint density at radius 1 is 0.800 bits per heavy atom. The van der Waals surface area contributed by atoms with Crippen LogP contribution >= 0.6 is 0 Å². The quantitative estimate of drug-likeness (QED) is 0.139. The third kappa shape index (κ3) is 16.0. The monoisotopic (exact) mass is 486 g/mol. The van der Waals surface area contributed by atoms with Crippen LogP contribution in [-0.4, -0.2) is 35.7 Å². The summed E-state index contributed by atoms with van der Waals surface area (Å²) in [4.78, 5) is 12.3. The number of hydrogen-bond acceptors (Lipinski definition) is 6. The standard InChI is InChI=1S/C29H42O6/c1-3-5-7-9-11-13-17-33-29(34-18-14-12-10-8-6-4-2)16-15-28(32)35-24-27-20-25(22-30)19-26(21-27)23-31/h19-21,29-31H,3-8,13-18,22-24H2,1-2H3. The summed E-state index contributed by atoms with van der Waals surface area (Å²) < 4.78 is 17.0. The Bertz CT molecular complexity index is 773. The first-order valence-electron chi connectivity index (χ1n) is 12.8. The molecule has 194 valence electrons. The first kappa shape index (κ1) is 30.7. The summed E-state index contributed by atoms with van der Waals surface area (Å²) in [5.41, 5.74) is 2.06. The summed E-state index contributed by atoms with van der Waals surface area (Å²) in [7, 11) is 0. The molecule has 35 heavy (non-hydrogen) atoms. The van der Waals surface area contributed by atoms with Crippen LogP contribution in [0.3, 0.4) is 0 Å². The molecule has 0 bridgehead atoms. The fraction of sp³-hybridized carbons (Fsp3) is 0.621. The van der Waals surface area contributed by atoms with E-state index in [1.807, 2.05) is 0 Å². The van der Waals surface area contributed by atoms with Crippen molar-refractivity contribution >= 4 is 5.97 Å². The van der Waals surface area contributed by atoms with E-state index >= 15 is 0 Å². The fourth-order valence-corrected chi connectivity index (χ4v) is 3.16. The molecule has 1 aromatic carbocycles. The maximum absolute atomic E-state index is 12.3. The second kappa shape index (κ2) is 21.0. The highest BCUT2D eigenvalue weighted by atomic mass is 16.7. The SMILES string of the molecule is CCCCC#CCCOC(CCC(=O)OCc1cc(CO)cc(CO)c1)OCCC#CCCCC. The molecule has 0 amide bonds. The Balaban J connectivity index is 2.49. The summed E-state index contributed by atoms with van der Waals surface area (Å²) in [6.45, 7) is 4.97. The average Bonchev–Trinajstić information content (AvgIpc) is 2.88. The van der Waals surface area contributed by atoms with Crippen LogP contribution in [0.1, 0.15) is 94.7 Å². The molecule has 0 saturated heterocycles. The van der Waals surface area contributed by atoms with Crippen LogP contribution in [0.25, 0.3) is 0 Å². The lowest BCUT2D eigenvalue weighted by Crippen LogP contribution is -2.20. The molecule has 0 aliphatic rings. The Morgan fingerprint density at radius 3 is 1.77 bits per heavy atom. The predicted octanol–water partition coefficient (Wildman–Crippen LogP) is 5.02. The third-order valence-corrected chi connectivity index (χ3v) is 5.08. The van der Waals surface area contributed by atoms with Gasteiger partial charge in [0.15, 0.2) is 6.29 Å². The zero-order valence-corrected chi connectivity index (χ0v) is 21.4. The lowest BCUT2D eigenvalue weighted by molar-refractivity contribution is -0.158. The molecule has 0 aliphatic carbocycles. The molecule has 0 radical (unpaired) electrons. The first-order valence-corrected chi connectivity index (χ1v) is 12.8. The van der Waals surface area contributed by atoms with Crippen molar-refractivity contribution in [1.29, 1.82) is 0 Å². The van der Waals surface area contributed by atoms with Gasteiger partial charge < -0.3 is 24.4 Å². The Labute approximate surface area is 211 Å². The fourth-order valence-electron chi connectivity index (χ4n) is 3.16. The molecule has 0 aromatic heterocycles. The molecular formula is C29H42O6. The topological polar surface area (TPSA) is 85.2 Å². The maximum atomic E-state index is 12.3. The third-order valence-electron chi connectivity index (χ3n) is 5.08. The molecule has 0 fully saturated rings. The van der Waals surface area contributed by atoms with E-state index in [9.17, 15) is 15.0 Å². The highest BCUT2D eigenvalue weighted by Crippen LogP contribution is 2.13. The molecule has 0 aliphatic heterocycles. The maximum Gasteiger partial charge on any atom is 0.306 e. The lowest BCUT2D eigenvalue weighted by atomic mass is 10.1. The minimum absolute atomic E-state index is 0.0761. The number of benzene rings is 1. The van der Waals surface area contributed by atoms with Crippen LogP contribution in [0.15, 0.2) is 18.2 Å². The van der Waals surface area contributed by atoms with Gasteiger partial charge in [0.25, 0.3) is 0 Å². The summed E-state index contributed by atoms with van der Waals surface area (Å²) >= 11 is 0. The number of ether oxygens (including phenoxy) is 3. The molecule has 0 saturated carbocycles. The Kier molecular flexibility index (Phi) is 18.4. The van der Waals surface area contributed by atoms with Gasteiger partial charge in [-0.3, -0.25) is 4.79 Å². The zero-order chi connectivity index (χ0) is 25.6. The number of hydrogen-bond donors (Lipinski definition) is 2. The summed E-state index contributed by atoms with van der Waals surface area (Å²) in [6, 6.07) is 5.22. The molecule has 6 nitrogen and oxygen atoms in total. The van der Waals surface area contributed by atoms with E-state index in [4.69, 9.17) is 14.2 Å². The minimum atomic E-state index is -0.517. The van der Waals surface area contributed by atoms with Crippen molar-refractivity contribution in [2.24, 2.45) is 0 Å². The highest BCUT2D eigenvalue weighted by molar-refractivity contribution is 5.69. The lowest BCUT2D eigenvalue weighted by Gasteiger charge is -2.17. The molecule has 1 rings (SSSR count). The van der Waals surface area contributed by atoms with E-state index in [0.29, 0.717) is 43.6 Å². The van der Waals surface area contributed by atoms with Crippen LogP contribution in [0, 0.1) is 23.7 Å². The molecule has 0 atom stereocenters. The van der Waals surface area contributed by atoms with Gasteiger partial charge in [-0.1, -0.05) is 44.9 Å². The van der Waals surface area contributed by atoms with Gasteiger partial charge in [0, 0.05) is 32.1 Å². The van der Waals surface area contributed by atoms with Crippen molar-refractivity contribution in [1.82, 2.24) is 0 Å². The molecular weight excluding hydrogens is 444 g/mol. The van der Waals surface area contributed by atoms with Crippen molar-refractivity contribution in [3.8, 4) is 23.7 Å². The summed E-state index contributed by atoms with van der Waals surface area (Å²) in [5.74, 6) is 12.1. The van der Waals surface area contributed by atoms with Crippen LogP contribution < -0.4 is 0 Å². The number of esters is 1. The van der Waals surface area contributed by atoms with E-state index < -0.39 is 6.29 Å². The normalized spacial score (nSPS) is 10.4. The largest absolute Gasteiger partial charge is 0.461 e. The van der Waals surface area contributed by atoms with Crippen molar-refractivity contribution < 1.29 is 29.2 Å². The average molecular weight is 487 g/mol. The molecule has 0 heterocycles. The van der Waals surface area contributed by atoms with Gasteiger partial charge in [-0.2, -0.15) is 0 Å². The number of aliphatic hydroxyl groups is 2. The van der Waals surface area contributed by atoms with E-state index in [1.165, 1.54) is 0 Å². The number of unbranched alkanes of at least 4 members (excludes halogenated alkanes) is 4. The molecule has 0 spiro atoms. The van der Waals surface area contributed by atoms with Crippen molar-refractivity contribution in [3.63, 3.8) is 0 Å². The second-order valence-corrected chi connectivity index (χ2v) is 8.26. The number of carbonyl (C=O) groups excluding carboxylic acids is 1. The van der Waals surface area contributed by atoms with E-state index in [-0.39, 0.29) is 32.2 Å². The van der Waals surface area contributed by atoms with Gasteiger partial charge in [-0.15, -0.1) is 23.7 Å². The van der Waals surface area contributed by atoms with Crippen LogP contribution in [0.4, 0.5) is 0 Å². The number of aliphatic hydroxyl groups excluding tert-OH is 2. The highest BCUT2D eigenvalue weighted by Gasteiger charge is 2.13. The van der Waals surface area contributed by atoms with Gasteiger partial charge in [-0.05, 0) is 29.5 Å². The van der Waals surface area contributed by atoms with Crippen LogP contribution in [0.2, 0.25) is 0 Å². The molecule has 1 aromatic rings. The Hall–Kier alpha value is -2.35. The molecule has 0 unspecified atom stereocenters. The van der Waals surface area contributed by atoms with Crippen molar-refractivity contribution in [3.05, 3.63) is 34.9 Å². The van der Waals surface area contributed by atoms with Crippen LogP contribution in [-0.2, 0) is 38.8 Å². The van der Waals surface area contributed by atoms with Gasteiger partial charge >= 0.3 is 5.97 Å². The zero-order valence-electron chi connectivity index (χ0n) is 21.4. The summed E-state index contributed by atoms with van der Waals surface area (Å²) in [5, 5.41) is 18.7. The number of rotatable bonds is 17. The van der Waals surface area contributed by atoms with Gasteiger partial charge in [0.1, 0.15) is 6.61 Å². The van der Waals surface area contributed by atoms with E-state index in [2.05, 4.69) is 37.5 Å². The van der Waals surface area contributed by atoms with Crippen molar-refractivity contribution in [2.75, 3.05) is 13.2 Å². The van der Waals surface area contributed by atoms with Gasteiger partial charge in [0.2, 0.25) is 0 Å². The van der Waals surface area contributed by atoms with Crippen LogP contribution in [0.5, 0.6) is 0 Å². The minimum Gasteiger partial charge on any atom is -0.461 e. The van der Waals surface area contributed by atoms with Gasteiger partial charge in [-0.25, -0.2) is 0 Å². The van der Waals surface area contributed by atoms with Crippen molar-refractivity contribution in [2.45, 2.75) is 104 Å². The summed E-state index contributed by atoms with van der Waals surface area (Å²) in [6.07, 6.45) is 7.54. The Morgan fingerprint density at radius 2 is 1.29 bits per heavy atom. The molecule has 6 heteroatoms. The number of carbonyl (C=O) groups is 1. The predicted molar refractivity (Wildman–Crippen MR) is 137 cm³/mol. The van der Waals surface area contributed by atoms with E-state index in [0.717, 1.165) is 44.1 Å². The van der Waals surface area contributed by atoms with Gasteiger partial charge in [0.05, 0.1) is 32.8 Å². The first-order chi connectivity index (χ1) is 17.1. The second-order valence-electron chi connectivity index (χ2n) is 8.26.